The van der Waals surface area contributed by atoms with Crippen LogP contribution in [-0.2, 0) is 19.1 Å². The number of carbonyl (C=O) groups is 4. The van der Waals surface area contributed by atoms with Gasteiger partial charge in [-0.05, 0) is 26.0 Å². The number of urea groups is 1. The largest absolute Gasteiger partial charge is 0.586 e. The summed E-state index contributed by atoms with van der Waals surface area (Å²) in [5, 5.41) is 4.82. The van der Waals surface area contributed by atoms with Gasteiger partial charge >= 0.3 is 18.3 Å². The zero-order valence-electron chi connectivity index (χ0n) is 15.4. The summed E-state index contributed by atoms with van der Waals surface area (Å²) in [5.74, 6) is -2.42. The lowest BCUT2D eigenvalue weighted by Gasteiger charge is -2.15. The van der Waals surface area contributed by atoms with E-state index in [9.17, 15) is 28.0 Å². The Balaban J connectivity index is 1.44. The van der Waals surface area contributed by atoms with Crippen molar-refractivity contribution in [3.8, 4) is 11.5 Å². The molecule has 1 aromatic carbocycles. The molecule has 2 heterocycles. The van der Waals surface area contributed by atoms with Crippen LogP contribution in [0.1, 0.15) is 20.3 Å². The third-order valence-electron chi connectivity index (χ3n) is 4.03. The molecule has 0 aromatic heterocycles. The molecule has 2 N–H and O–H groups in total. The number of hydrogen-bond donors (Lipinski definition) is 2. The number of hydrogen-bond acceptors (Lipinski definition) is 7. The molecule has 2 aliphatic rings. The predicted octanol–water partition coefficient (Wildman–Crippen LogP) is 1.21. The van der Waals surface area contributed by atoms with E-state index >= 15 is 0 Å². The predicted molar refractivity (Wildman–Crippen MR) is 91.2 cm³/mol. The molecule has 0 aliphatic carbocycles. The Morgan fingerprint density at radius 2 is 1.90 bits per heavy atom. The first-order valence-corrected chi connectivity index (χ1v) is 8.46. The summed E-state index contributed by atoms with van der Waals surface area (Å²) in [7, 11) is 0. The van der Waals surface area contributed by atoms with E-state index < -0.39 is 42.3 Å². The van der Waals surface area contributed by atoms with Gasteiger partial charge in [-0.15, -0.1) is 8.78 Å². The van der Waals surface area contributed by atoms with Gasteiger partial charge < -0.3 is 24.8 Å². The second kappa shape index (κ2) is 7.18. The normalized spacial score (nSPS) is 18.4. The Kier molecular flexibility index (Phi) is 5.03. The maximum atomic E-state index is 13.0. The van der Waals surface area contributed by atoms with E-state index in [1.54, 1.807) is 0 Å². The van der Waals surface area contributed by atoms with Gasteiger partial charge in [-0.3, -0.25) is 19.3 Å². The second-order valence-electron chi connectivity index (χ2n) is 6.80. The number of alkyl halides is 2. The third-order valence-corrected chi connectivity index (χ3v) is 4.03. The molecule has 12 heteroatoms. The fourth-order valence-electron chi connectivity index (χ4n) is 2.67. The van der Waals surface area contributed by atoms with Crippen molar-refractivity contribution in [2.75, 3.05) is 18.5 Å². The number of halogens is 2. The van der Waals surface area contributed by atoms with Crippen LogP contribution in [0.25, 0.3) is 0 Å². The SMILES string of the molecule is CC1(C)NC(=O)N(CCC(=O)OCC(=O)Nc2ccc3c(c2)OC(F)(F)O3)C1=O. The molecule has 0 spiro atoms. The lowest BCUT2D eigenvalue weighted by Crippen LogP contribution is -2.40. The minimum Gasteiger partial charge on any atom is -0.456 e. The Morgan fingerprint density at radius 1 is 1.21 bits per heavy atom. The maximum Gasteiger partial charge on any atom is 0.586 e. The molecule has 156 valence electrons. The van der Waals surface area contributed by atoms with Gasteiger partial charge in [-0.25, -0.2) is 4.79 Å². The quantitative estimate of drug-likeness (QED) is 0.531. The summed E-state index contributed by atoms with van der Waals surface area (Å²) in [6.45, 7) is 2.24. The molecule has 3 rings (SSSR count). The molecule has 0 saturated carbocycles. The summed E-state index contributed by atoms with van der Waals surface area (Å²) >= 11 is 0. The number of rotatable bonds is 6. The monoisotopic (exact) mass is 413 g/mol. The first kappa shape index (κ1) is 20.3. The van der Waals surface area contributed by atoms with Crippen LogP contribution in [0.5, 0.6) is 11.5 Å². The van der Waals surface area contributed by atoms with Crippen molar-refractivity contribution < 1.29 is 42.2 Å². The fraction of sp³-hybridized carbons (Fsp3) is 0.412. The highest BCUT2D eigenvalue weighted by Gasteiger charge is 2.44. The first-order valence-electron chi connectivity index (χ1n) is 8.46. The summed E-state index contributed by atoms with van der Waals surface area (Å²) in [6.07, 6.45) is -4.06. The molecular formula is C17H17F2N3O7. The highest BCUT2D eigenvalue weighted by atomic mass is 19.3. The van der Waals surface area contributed by atoms with Crippen LogP contribution in [0.2, 0.25) is 0 Å². The molecule has 0 bridgehead atoms. The molecule has 29 heavy (non-hydrogen) atoms. The van der Waals surface area contributed by atoms with Gasteiger partial charge in [0.25, 0.3) is 11.8 Å². The lowest BCUT2D eigenvalue weighted by atomic mass is 10.1. The molecular weight excluding hydrogens is 396 g/mol. The topological polar surface area (TPSA) is 123 Å². The molecule has 1 fully saturated rings. The average molecular weight is 413 g/mol. The number of benzene rings is 1. The minimum absolute atomic E-state index is 0.132. The van der Waals surface area contributed by atoms with E-state index in [0.29, 0.717) is 0 Å². The van der Waals surface area contributed by atoms with Crippen LogP contribution < -0.4 is 20.1 Å². The highest BCUT2D eigenvalue weighted by Crippen LogP contribution is 2.42. The highest BCUT2D eigenvalue weighted by molar-refractivity contribution is 6.06. The fourth-order valence-corrected chi connectivity index (χ4v) is 2.67. The zero-order chi connectivity index (χ0) is 21.4. The Bertz CT molecular complexity index is 888. The van der Waals surface area contributed by atoms with Gasteiger partial charge in [0.15, 0.2) is 18.1 Å². The van der Waals surface area contributed by atoms with Gasteiger partial charge in [0.2, 0.25) is 0 Å². The molecule has 1 saturated heterocycles. The van der Waals surface area contributed by atoms with E-state index in [1.165, 1.54) is 26.0 Å². The zero-order valence-corrected chi connectivity index (χ0v) is 15.4. The van der Waals surface area contributed by atoms with Gasteiger partial charge in [0.05, 0.1) is 6.42 Å². The Hall–Kier alpha value is -3.44. The van der Waals surface area contributed by atoms with Crippen molar-refractivity contribution in [1.82, 2.24) is 10.2 Å². The van der Waals surface area contributed by atoms with Crippen LogP contribution in [0.15, 0.2) is 18.2 Å². The second-order valence-corrected chi connectivity index (χ2v) is 6.80. The number of ether oxygens (including phenoxy) is 3. The Morgan fingerprint density at radius 3 is 2.55 bits per heavy atom. The van der Waals surface area contributed by atoms with Crippen LogP contribution >= 0.6 is 0 Å². The minimum atomic E-state index is -3.77. The molecule has 0 unspecified atom stereocenters. The van der Waals surface area contributed by atoms with Crippen LogP contribution in [0.3, 0.4) is 0 Å². The van der Waals surface area contributed by atoms with E-state index in [1.807, 2.05) is 0 Å². The van der Waals surface area contributed by atoms with E-state index in [4.69, 9.17) is 4.74 Å². The number of amides is 4. The van der Waals surface area contributed by atoms with E-state index in [0.717, 1.165) is 11.0 Å². The van der Waals surface area contributed by atoms with Crippen molar-refractivity contribution in [3.05, 3.63) is 18.2 Å². The smallest absolute Gasteiger partial charge is 0.456 e. The molecule has 1 aromatic rings. The maximum absolute atomic E-state index is 13.0. The summed E-state index contributed by atoms with van der Waals surface area (Å²) in [4.78, 5) is 48.2. The van der Waals surface area contributed by atoms with Crippen LogP contribution in [-0.4, -0.2) is 53.7 Å². The van der Waals surface area contributed by atoms with Crippen molar-refractivity contribution in [1.29, 1.82) is 0 Å². The standard InChI is InChI=1S/C17H17F2N3O7/c1-16(2)14(25)22(15(26)21-16)6-5-13(24)27-8-12(23)20-9-3-4-10-11(7-9)29-17(18,19)28-10/h3-4,7H,5-6,8H2,1-2H3,(H,20,23)(H,21,26). The van der Waals surface area contributed by atoms with Gasteiger partial charge in [-0.2, -0.15) is 0 Å². The molecule has 0 atom stereocenters. The van der Waals surface area contributed by atoms with Crippen molar-refractivity contribution >= 4 is 29.5 Å². The van der Waals surface area contributed by atoms with Crippen molar-refractivity contribution in [2.24, 2.45) is 0 Å². The number of nitrogens with one attached hydrogen (secondary N) is 2. The average Bonchev–Trinajstić information content (AvgIpc) is 3.02. The van der Waals surface area contributed by atoms with Gasteiger partial charge in [0, 0.05) is 18.3 Å². The number of anilines is 1. The van der Waals surface area contributed by atoms with Crippen molar-refractivity contribution in [2.45, 2.75) is 32.1 Å². The summed E-state index contributed by atoms with van der Waals surface area (Å²) in [6, 6.07) is 3.02. The first-order chi connectivity index (χ1) is 13.5. The van der Waals surface area contributed by atoms with Gasteiger partial charge in [-0.1, -0.05) is 0 Å². The van der Waals surface area contributed by atoms with Crippen LogP contribution in [0, 0.1) is 0 Å². The van der Waals surface area contributed by atoms with E-state index in [2.05, 4.69) is 20.1 Å². The summed E-state index contributed by atoms with van der Waals surface area (Å²) in [5.41, 5.74) is -0.914. The molecule has 4 amide bonds. The third kappa shape index (κ3) is 4.52. The van der Waals surface area contributed by atoms with Crippen molar-refractivity contribution in [3.63, 3.8) is 0 Å². The van der Waals surface area contributed by atoms with Crippen LogP contribution in [0.4, 0.5) is 19.3 Å². The molecule has 10 nitrogen and oxygen atoms in total. The molecule has 2 aliphatic heterocycles. The number of esters is 1. The summed E-state index contributed by atoms with van der Waals surface area (Å²) < 4.78 is 39.2. The number of nitrogens with zero attached hydrogens (tertiary/aromatic N) is 1. The lowest BCUT2D eigenvalue weighted by molar-refractivity contribution is -0.286. The van der Waals surface area contributed by atoms with E-state index in [-0.39, 0.29) is 30.2 Å². The molecule has 0 radical (unpaired) electrons. The number of fused-ring (bicyclic) bond motifs is 1. The Labute approximate surface area is 163 Å². The number of carbonyl (C=O) groups excluding carboxylic acids is 4. The van der Waals surface area contributed by atoms with Gasteiger partial charge in [0.1, 0.15) is 5.54 Å². The number of imide groups is 1.